The average molecular weight is 221 g/mol. The van der Waals surface area contributed by atoms with Crippen LogP contribution >= 0.6 is 0 Å². The van der Waals surface area contributed by atoms with Crippen molar-refractivity contribution >= 4 is 5.91 Å². The molecular weight excluding hydrogens is 202 g/mol. The van der Waals surface area contributed by atoms with E-state index in [2.05, 4.69) is 6.07 Å². The summed E-state index contributed by atoms with van der Waals surface area (Å²) >= 11 is 0. The molecule has 0 N–H and O–H groups in total. The molecule has 1 amide bonds. The number of carbonyl (C=O) groups excluding carboxylic acids is 1. The van der Waals surface area contributed by atoms with E-state index in [1.54, 1.807) is 11.8 Å². The SMILES string of the molecule is CCCC(C#N)C(=O)N(CC)CC(C)C#N. The quantitative estimate of drug-likeness (QED) is 0.688. The van der Waals surface area contributed by atoms with Crippen molar-refractivity contribution in [3.63, 3.8) is 0 Å². The molecule has 0 aromatic carbocycles. The molecule has 0 fully saturated rings. The molecule has 0 heterocycles. The normalized spacial score (nSPS) is 13.3. The fraction of sp³-hybridized carbons (Fsp3) is 0.750. The minimum absolute atomic E-state index is 0.144. The molecule has 2 unspecified atom stereocenters. The Morgan fingerprint density at radius 3 is 2.31 bits per heavy atom. The van der Waals surface area contributed by atoms with Gasteiger partial charge >= 0.3 is 0 Å². The second kappa shape index (κ2) is 7.70. The molecule has 0 aliphatic carbocycles. The van der Waals surface area contributed by atoms with Gasteiger partial charge in [-0.3, -0.25) is 4.79 Å². The van der Waals surface area contributed by atoms with E-state index in [4.69, 9.17) is 10.5 Å². The van der Waals surface area contributed by atoms with Gasteiger partial charge in [-0.15, -0.1) is 0 Å². The first-order valence-electron chi connectivity index (χ1n) is 5.68. The maximum Gasteiger partial charge on any atom is 0.239 e. The first kappa shape index (κ1) is 14.5. The molecule has 0 saturated heterocycles. The van der Waals surface area contributed by atoms with E-state index in [0.717, 1.165) is 6.42 Å². The van der Waals surface area contributed by atoms with Gasteiger partial charge in [0.2, 0.25) is 5.91 Å². The molecule has 16 heavy (non-hydrogen) atoms. The summed E-state index contributed by atoms with van der Waals surface area (Å²) in [7, 11) is 0. The van der Waals surface area contributed by atoms with Gasteiger partial charge in [-0.1, -0.05) is 13.3 Å². The zero-order valence-electron chi connectivity index (χ0n) is 10.2. The highest BCUT2D eigenvalue weighted by atomic mass is 16.2. The van der Waals surface area contributed by atoms with E-state index in [0.29, 0.717) is 19.5 Å². The fourth-order valence-corrected chi connectivity index (χ4v) is 1.50. The number of hydrogen-bond donors (Lipinski definition) is 0. The summed E-state index contributed by atoms with van der Waals surface area (Å²) < 4.78 is 0. The Morgan fingerprint density at radius 1 is 1.31 bits per heavy atom. The second-order valence-electron chi connectivity index (χ2n) is 3.88. The Hall–Kier alpha value is -1.55. The lowest BCUT2D eigenvalue weighted by molar-refractivity contribution is -0.134. The summed E-state index contributed by atoms with van der Waals surface area (Å²) in [5.74, 6) is -0.894. The molecule has 0 rings (SSSR count). The van der Waals surface area contributed by atoms with Crippen molar-refractivity contribution in [2.45, 2.75) is 33.6 Å². The Bertz CT molecular complexity index is 300. The summed E-state index contributed by atoms with van der Waals surface area (Å²) in [6.45, 7) is 6.55. The maximum atomic E-state index is 11.9. The minimum Gasteiger partial charge on any atom is -0.341 e. The minimum atomic E-state index is -0.559. The van der Waals surface area contributed by atoms with E-state index >= 15 is 0 Å². The predicted molar refractivity (Wildman–Crippen MR) is 61.0 cm³/mol. The van der Waals surface area contributed by atoms with Gasteiger partial charge in [0, 0.05) is 13.1 Å². The Kier molecular flexibility index (Phi) is 6.96. The average Bonchev–Trinajstić information content (AvgIpc) is 2.31. The number of nitriles is 2. The monoisotopic (exact) mass is 221 g/mol. The van der Waals surface area contributed by atoms with Crippen LogP contribution in [0, 0.1) is 34.5 Å². The first-order chi connectivity index (χ1) is 7.60. The zero-order valence-corrected chi connectivity index (χ0v) is 10.2. The number of rotatable bonds is 6. The van der Waals surface area contributed by atoms with Crippen LogP contribution in [0.4, 0.5) is 0 Å². The third-order valence-corrected chi connectivity index (χ3v) is 2.44. The van der Waals surface area contributed by atoms with Crippen molar-refractivity contribution in [3.8, 4) is 12.1 Å². The number of carbonyl (C=O) groups is 1. The van der Waals surface area contributed by atoms with Gasteiger partial charge in [-0.2, -0.15) is 10.5 Å². The van der Waals surface area contributed by atoms with Gasteiger partial charge in [0.25, 0.3) is 0 Å². The summed E-state index contributed by atoms with van der Waals surface area (Å²) in [6.07, 6.45) is 1.40. The van der Waals surface area contributed by atoms with Crippen molar-refractivity contribution in [1.82, 2.24) is 4.90 Å². The zero-order chi connectivity index (χ0) is 12.6. The van der Waals surface area contributed by atoms with Crippen LogP contribution in [0.3, 0.4) is 0 Å². The molecule has 2 atom stereocenters. The van der Waals surface area contributed by atoms with Crippen molar-refractivity contribution < 1.29 is 4.79 Å². The number of hydrogen-bond acceptors (Lipinski definition) is 3. The largest absolute Gasteiger partial charge is 0.341 e. The summed E-state index contributed by atoms with van der Waals surface area (Å²) in [5.41, 5.74) is 0. The summed E-state index contributed by atoms with van der Waals surface area (Å²) in [6, 6.07) is 4.13. The van der Waals surface area contributed by atoms with E-state index in [-0.39, 0.29) is 11.8 Å². The van der Waals surface area contributed by atoms with Gasteiger partial charge in [-0.05, 0) is 20.3 Å². The predicted octanol–water partition coefficient (Wildman–Crippen LogP) is 1.93. The third-order valence-electron chi connectivity index (χ3n) is 2.44. The van der Waals surface area contributed by atoms with Gasteiger partial charge in [0.1, 0.15) is 5.92 Å². The lowest BCUT2D eigenvalue weighted by Crippen LogP contribution is -2.38. The first-order valence-corrected chi connectivity index (χ1v) is 5.68. The fourth-order valence-electron chi connectivity index (χ4n) is 1.50. The molecule has 88 valence electrons. The molecule has 0 aromatic heterocycles. The van der Waals surface area contributed by atoms with Gasteiger partial charge in [0.05, 0.1) is 18.1 Å². The molecule has 0 radical (unpaired) electrons. The third kappa shape index (κ3) is 4.31. The molecule has 0 spiro atoms. The Labute approximate surface area is 97.5 Å². The van der Waals surface area contributed by atoms with Crippen molar-refractivity contribution in [2.75, 3.05) is 13.1 Å². The molecule has 0 bridgehead atoms. The molecule has 0 aromatic rings. The standard InChI is InChI=1S/C12H19N3O/c1-4-6-11(8-14)12(16)15(5-2)9-10(3)7-13/h10-11H,4-6,9H2,1-3H3. The maximum absolute atomic E-state index is 11.9. The molecule has 0 aliphatic heterocycles. The van der Waals surface area contributed by atoms with Gasteiger partial charge in [-0.25, -0.2) is 0 Å². The Morgan fingerprint density at radius 2 is 1.94 bits per heavy atom. The van der Waals surface area contributed by atoms with Crippen LogP contribution in [0.15, 0.2) is 0 Å². The molecular formula is C12H19N3O. The highest BCUT2D eigenvalue weighted by Crippen LogP contribution is 2.11. The lowest BCUT2D eigenvalue weighted by atomic mass is 10.0. The van der Waals surface area contributed by atoms with Crippen molar-refractivity contribution in [3.05, 3.63) is 0 Å². The molecule has 0 aliphatic rings. The number of amides is 1. The van der Waals surface area contributed by atoms with E-state index in [9.17, 15) is 4.79 Å². The van der Waals surface area contributed by atoms with E-state index in [1.165, 1.54) is 0 Å². The second-order valence-corrected chi connectivity index (χ2v) is 3.88. The topological polar surface area (TPSA) is 67.9 Å². The van der Waals surface area contributed by atoms with Crippen LogP contribution in [0.2, 0.25) is 0 Å². The molecule has 0 saturated carbocycles. The van der Waals surface area contributed by atoms with Crippen LogP contribution in [0.1, 0.15) is 33.6 Å². The van der Waals surface area contributed by atoms with Crippen molar-refractivity contribution in [1.29, 1.82) is 10.5 Å². The van der Waals surface area contributed by atoms with Crippen molar-refractivity contribution in [2.24, 2.45) is 11.8 Å². The highest BCUT2D eigenvalue weighted by Gasteiger charge is 2.23. The molecule has 4 nitrogen and oxygen atoms in total. The van der Waals surface area contributed by atoms with Crippen LogP contribution in [0.5, 0.6) is 0 Å². The van der Waals surface area contributed by atoms with Crippen LogP contribution in [-0.2, 0) is 4.79 Å². The summed E-state index contributed by atoms with van der Waals surface area (Å²) in [5, 5.41) is 17.6. The van der Waals surface area contributed by atoms with Crippen LogP contribution in [0.25, 0.3) is 0 Å². The smallest absolute Gasteiger partial charge is 0.239 e. The van der Waals surface area contributed by atoms with Crippen LogP contribution < -0.4 is 0 Å². The van der Waals surface area contributed by atoms with Gasteiger partial charge in [0.15, 0.2) is 0 Å². The van der Waals surface area contributed by atoms with Crippen LogP contribution in [-0.4, -0.2) is 23.9 Å². The summed E-state index contributed by atoms with van der Waals surface area (Å²) in [4.78, 5) is 13.5. The molecule has 4 heteroatoms. The van der Waals surface area contributed by atoms with E-state index in [1.807, 2.05) is 19.9 Å². The Balaban J connectivity index is 4.52. The number of nitrogens with zero attached hydrogens (tertiary/aromatic N) is 3. The highest BCUT2D eigenvalue weighted by molar-refractivity contribution is 5.81. The lowest BCUT2D eigenvalue weighted by Gasteiger charge is -2.24. The van der Waals surface area contributed by atoms with E-state index < -0.39 is 5.92 Å². The van der Waals surface area contributed by atoms with Gasteiger partial charge < -0.3 is 4.90 Å².